The second-order valence-corrected chi connectivity index (χ2v) is 9.42. The zero-order chi connectivity index (χ0) is 25.5. The van der Waals surface area contributed by atoms with Crippen molar-refractivity contribution in [3.05, 3.63) is 83.3 Å². The maximum absolute atomic E-state index is 13.3. The summed E-state index contributed by atoms with van der Waals surface area (Å²) in [6.45, 7) is 3.75. The van der Waals surface area contributed by atoms with E-state index in [2.05, 4.69) is 43.9 Å². The molecule has 0 atom stereocenters. The van der Waals surface area contributed by atoms with E-state index in [9.17, 15) is 10.1 Å². The van der Waals surface area contributed by atoms with Gasteiger partial charge in [0.25, 0.3) is 0 Å². The van der Waals surface area contributed by atoms with Gasteiger partial charge in [0.2, 0.25) is 0 Å². The van der Waals surface area contributed by atoms with Crippen molar-refractivity contribution in [1.29, 1.82) is 5.26 Å². The number of rotatable bonds is 4. The predicted molar refractivity (Wildman–Crippen MR) is 144 cm³/mol. The molecule has 0 radical (unpaired) electrons. The lowest BCUT2D eigenvalue weighted by molar-refractivity contribution is 0.313. The summed E-state index contributed by atoms with van der Waals surface area (Å²) in [6, 6.07) is 16.0. The predicted octanol–water partition coefficient (Wildman–Crippen LogP) is 3.40. The monoisotopic (exact) mass is 490 g/mol. The highest BCUT2D eigenvalue weighted by Crippen LogP contribution is 2.29. The fraction of sp³-hybridized carbons (Fsp3) is 0.214. The second-order valence-electron chi connectivity index (χ2n) is 9.42. The third-order valence-electron chi connectivity index (χ3n) is 7.02. The molecule has 5 heterocycles. The molecule has 37 heavy (non-hydrogen) atoms. The van der Waals surface area contributed by atoms with Crippen LogP contribution in [0, 0.1) is 11.3 Å². The van der Waals surface area contributed by atoms with Gasteiger partial charge in [-0.3, -0.25) is 9.55 Å². The van der Waals surface area contributed by atoms with Crippen molar-refractivity contribution < 1.29 is 0 Å². The second kappa shape index (κ2) is 9.08. The number of nitrogens with one attached hydrogen (secondary N) is 1. The van der Waals surface area contributed by atoms with Crippen LogP contribution in [0.15, 0.2) is 72.0 Å². The number of anilines is 1. The quantitative estimate of drug-likeness (QED) is 0.415. The molecule has 1 fully saturated rings. The number of pyridine rings is 2. The number of aromatic nitrogens is 5. The van der Waals surface area contributed by atoms with Gasteiger partial charge in [0, 0.05) is 74.7 Å². The molecule has 9 heteroatoms. The molecule has 1 saturated heterocycles. The van der Waals surface area contributed by atoms with Gasteiger partial charge in [-0.05, 0) is 55.1 Å². The Hall–Kier alpha value is -4.68. The summed E-state index contributed by atoms with van der Waals surface area (Å²) in [5.41, 5.74) is 5.73. The van der Waals surface area contributed by atoms with E-state index in [1.807, 2.05) is 48.8 Å². The molecule has 1 aliphatic heterocycles. The van der Waals surface area contributed by atoms with E-state index in [1.165, 1.54) is 4.57 Å². The molecule has 0 unspecified atom stereocenters. The Morgan fingerprint density at radius 1 is 0.973 bits per heavy atom. The van der Waals surface area contributed by atoms with Gasteiger partial charge in [-0.25, -0.2) is 9.78 Å². The molecule has 6 rings (SSSR count). The van der Waals surface area contributed by atoms with Crippen LogP contribution in [0.2, 0.25) is 0 Å². The number of aromatic amines is 1. The highest BCUT2D eigenvalue weighted by atomic mass is 16.1. The Bertz CT molecular complexity index is 1710. The number of hydrogen-bond donors (Lipinski definition) is 1. The van der Waals surface area contributed by atoms with Gasteiger partial charge in [0.1, 0.15) is 11.7 Å². The van der Waals surface area contributed by atoms with E-state index in [4.69, 9.17) is 0 Å². The molecule has 0 saturated carbocycles. The van der Waals surface area contributed by atoms with Gasteiger partial charge in [-0.1, -0.05) is 0 Å². The van der Waals surface area contributed by atoms with Gasteiger partial charge in [-0.15, -0.1) is 0 Å². The van der Waals surface area contributed by atoms with Crippen molar-refractivity contribution in [1.82, 2.24) is 29.0 Å². The number of nitriles is 1. The summed E-state index contributed by atoms with van der Waals surface area (Å²) in [7, 11) is 3.82. The molecule has 1 N–H and O–H groups in total. The van der Waals surface area contributed by atoms with Crippen LogP contribution in [0.4, 0.5) is 5.69 Å². The van der Waals surface area contributed by atoms with E-state index in [0.717, 1.165) is 54.0 Å². The van der Waals surface area contributed by atoms with Gasteiger partial charge in [0.15, 0.2) is 0 Å². The maximum Gasteiger partial charge on any atom is 0.333 e. The lowest BCUT2D eigenvalue weighted by atomic mass is 10.1. The van der Waals surface area contributed by atoms with E-state index in [0.29, 0.717) is 22.6 Å². The zero-order valence-electron chi connectivity index (χ0n) is 20.7. The first kappa shape index (κ1) is 22.8. The fourth-order valence-corrected chi connectivity index (χ4v) is 4.89. The van der Waals surface area contributed by atoms with Crippen LogP contribution in [-0.2, 0) is 7.05 Å². The minimum absolute atomic E-state index is 0.235. The number of H-pyrrole nitrogens is 1. The lowest BCUT2D eigenvalue weighted by Gasteiger charge is -2.34. The van der Waals surface area contributed by atoms with Crippen molar-refractivity contribution in [2.75, 3.05) is 38.1 Å². The molecular formula is C28H26N8O. The van der Waals surface area contributed by atoms with Crippen molar-refractivity contribution in [2.24, 2.45) is 7.05 Å². The SMILES string of the molecule is CN1CCN(c2ccc(-n3c(-c4cc(-c5cnc6[nH]ccc6c5)ccn4)cn(C)c3=O)c(C#N)c2)CC1. The molecular weight excluding hydrogens is 464 g/mol. The number of aryl methyl sites for hydroxylation is 1. The Morgan fingerprint density at radius 2 is 1.81 bits per heavy atom. The van der Waals surface area contributed by atoms with Crippen LogP contribution in [0.25, 0.3) is 39.2 Å². The number of hydrogen-bond acceptors (Lipinski definition) is 6. The van der Waals surface area contributed by atoms with Gasteiger partial charge in [0.05, 0.1) is 22.6 Å². The average Bonchev–Trinajstić information content (AvgIpc) is 3.52. The van der Waals surface area contributed by atoms with Gasteiger partial charge >= 0.3 is 5.69 Å². The number of fused-ring (bicyclic) bond motifs is 1. The molecule has 5 aromatic rings. The van der Waals surface area contributed by atoms with E-state index in [-0.39, 0.29) is 5.69 Å². The third kappa shape index (κ3) is 4.07. The highest BCUT2D eigenvalue weighted by molar-refractivity contribution is 5.82. The standard InChI is InChI=1S/C28H26N8O/c1-33-9-11-35(12-10-33)23-3-4-25(21(14-23)16-29)36-26(18-34(2)28(36)37)24-15-19(5-7-30-24)22-13-20-6-8-31-27(20)32-17-22/h3-8,13-15,17-18H,9-12H2,1-2H3,(H,31,32). The highest BCUT2D eigenvalue weighted by Gasteiger charge is 2.20. The van der Waals surface area contributed by atoms with Crippen molar-refractivity contribution in [2.45, 2.75) is 0 Å². The van der Waals surface area contributed by atoms with Crippen LogP contribution in [0.3, 0.4) is 0 Å². The van der Waals surface area contributed by atoms with E-state index >= 15 is 0 Å². The summed E-state index contributed by atoms with van der Waals surface area (Å²) in [5, 5.41) is 11.1. The van der Waals surface area contributed by atoms with Crippen LogP contribution in [0.5, 0.6) is 0 Å². The summed E-state index contributed by atoms with van der Waals surface area (Å²) in [4.78, 5) is 30.1. The Balaban J connectivity index is 1.43. The first-order valence-electron chi connectivity index (χ1n) is 12.2. The van der Waals surface area contributed by atoms with E-state index < -0.39 is 0 Å². The molecule has 1 aliphatic rings. The van der Waals surface area contributed by atoms with Crippen LogP contribution in [-0.4, -0.2) is 62.2 Å². The normalized spacial score (nSPS) is 14.2. The molecule has 1 aromatic carbocycles. The van der Waals surface area contributed by atoms with Crippen LogP contribution in [0.1, 0.15) is 5.56 Å². The minimum Gasteiger partial charge on any atom is -0.369 e. The first-order chi connectivity index (χ1) is 18.0. The summed E-state index contributed by atoms with van der Waals surface area (Å²) < 4.78 is 3.10. The summed E-state index contributed by atoms with van der Waals surface area (Å²) >= 11 is 0. The molecule has 4 aromatic heterocycles. The smallest absolute Gasteiger partial charge is 0.333 e. The molecule has 0 aliphatic carbocycles. The first-order valence-corrected chi connectivity index (χ1v) is 12.2. The molecule has 0 amide bonds. The molecule has 9 nitrogen and oxygen atoms in total. The maximum atomic E-state index is 13.3. The van der Waals surface area contributed by atoms with Gasteiger partial charge in [-0.2, -0.15) is 5.26 Å². The minimum atomic E-state index is -0.235. The van der Waals surface area contributed by atoms with Crippen molar-refractivity contribution in [3.63, 3.8) is 0 Å². The van der Waals surface area contributed by atoms with Crippen LogP contribution >= 0.6 is 0 Å². The Labute approximate surface area is 213 Å². The summed E-state index contributed by atoms with van der Waals surface area (Å²) in [5.74, 6) is 0. The zero-order valence-corrected chi connectivity index (χ0v) is 20.7. The fourth-order valence-electron chi connectivity index (χ4n) is 4.89. The topological polar surface area (TPSA) is 98.8 Å². The average molecular weight is 491 g/mol. The number of likely N-dealkylation sites (N-methyl/N-ethyl adjacent to an activating group) is 1. The summed E-state index contributed by atoms with van der Waals surface area (Å²) in [6.07, 6.45) is 7.18. The van der Waals surface area contributed by atoms with Crippen molar-refractivity contribution >= 4 is 16.7 Å². The third-order valence-corrected chi connectivity index (χ3v) is 7.02. The van der Waals surface area contributed by atoms with Crippen molar-refractivity contribution in [3.8, 4) is 34.3 Å². The Kier molecular flexibility index (Phi) is 5.58. The Morgan fingerprint density at radius 3 is 2.62 bits per heavy atom. The largest absolute Gasteiger partial charge is 0.369 e. The number of benzene rings is 1. The van der Waals surface area contributed by atoms with Gasteiger partial charge < -0.3 is 19.4 Å². The molecule has 0 bridgehead atoms. The molecule has 184 valence electrons. The number of imidazole rings is 1. The van der Waals surface area contributed by atoms with Crippen LogP contribution < -0.4 is 10.6 Å². The lowest BCUT2D eigenvalue weighted by Crippen LogP contribution is -2.44. The molecule has 0 spiro atoms. The number of piperazine rings is 1. The number of nitrogens with zero attached hydrogens (tertiary/aromatic N) is 7. The van der Waals surface area contributed by atoms with E-state index in [1.54, 1.807) is 24.0 Å².